The normalized spacial score (nSPS) is 12.8. The van der Waals surface area contributed by atoms with Gasteiger partial charge < -0.3 is 5.32 Å². The number of carbonyl (C=O) groups is 1. The Morgan fingerprint density at radius 1 is 0.971 bits per heavy atom. The van der Waals surface area contributed by atoms with Crippen molar-refractivity contribution in [2.24, 2.45) is 0 Å². The van der Waals surface area contributed by atoms with Crippen LogP contribution in [-0.2, 0) is 12.8 Å². The van der Waals surface area contributed by atoms with Crippen molar-refractivity contribution in [3.63, 3.8) is 0 Å². The van der Waals surface area contributed by atoms with E-state index in [2.05, 4.69) is 25.7 Å². The van der Waals surface area contributed by atoms with Gasteiger partial charge in [0, 0.05) is 22.9 Å². The molecule has 1 aliphatic carbocycles. The number of benzene rings is 2. The third-order valence-corrected chi connectivity index (χ3v) is 6.32. The van der Waals surface area contributed by atoms with Crippen molar-refractivity contribution >= 4 is 40.7 Å². The summed E-state index contributed by atoms with van der Waals surface area (Å²) in [5.41, 5.74) is 3.26. The van der Waals surface area contributed by atoms with Crippen molar-refractivity contribution in [2.45, 2.75) is 25.7 Å². The Hall–Kier alpha value is -3.62. The second-order valence-electron chi connectivity index (χ2n) is 7.92. The lowest BCUT2D eigenvalue weighted by Gasteiger charge is -2.15. The van der Waals surface area contributed by atoms with Crippen molar-refractivity contribution in [1.82, 2.24) is 19.7 Å². The van der Waals surface area contributed by atoms with Gasteiger partial charge in [-0.3, -0.25) is 15.1 Å². The molecule has 0 saturated carbocycles. The molecule has 5 rings (SSSR count). The van der Waals surface area contributed by atoms with Gasteiger partial charge in [-0.2, -0.15) is 9.78 Å². The predicted octanol–water partition coefficient (Wildman–Crippen LogP) is 5.45. The Bertz CT molecular complexity index is 1430. The van der Waals surface area contributed by atoms with Crippen LogP contribution >= 0.6 is 23.2 Å². The summed E-state index contributed by atoms with van der Waals surface area (Å²) in [7, 11) is 0. The number of aryl methyl sites for hydroxylation is 1. The van der Waals surface area contributed by atoms with Crippen LogP contribution in [-0.4, -0.2) is 25.8 Å². The maximum absolute atomic E-state index is 12.8. The Morgan fingerprint density at radius 3 is 2.56 bits per heavy atom. The van der Waals surface area contributed by atoms with Crippen molar-refractivity contribution in [3.05, 3.63) is 86.3 Å². The molecule has 2 aromatic carbocycles. The second kappa shape index (κ2) is 9.32. The Balaban J connectivity index is 1.51. The molecule has 0 aliphatic heterocycles. The molecule has 0 fully saturated rings. The number of anilines is 2. The Labute approximate surface area is 204 Å². The number of aromatic nitrogens is 4. The lowest BCUT2D eigenvalue weighted by molar-refractivity contribution is 0.262. The van der Waals surface area contributed by atoms with Gasteiger partial charge in [0.15, 0.2) is 0 Å². The standard InChI is InChI=1S/C24H20Cl2N6O2/c25-17-11-10-15(12-18(17)26)27-24(34)29-21-13-20(14-6-2-1-3-7-14)31-32(21)23-28-19-9-5-4-8-16(19)22(33)30-23/h1-3,6-7,10-13H,4-5,8-9H2,(H2,27,29,34)(H,28,30,33). The van der Waals surface area contributed by atoms with Crippen LogP contribution in [0.2, 0.25) is 10.0 Å². The number of urea groups is 1. The maximum Gasteiger partial charge on any atom is 0.324 e. The summed E-state index contributed by atoms with van der Waals surface area (Å²) in [6.07, 6.45) is 3.40. The molecule has 2 aromatic heterocycles. The molecule has 10 heteroatoms. The summed E-state index contributed by atoms with van der Waals surface area (Å²) in [4.78, 5) is 33.0. The first kappa shape index (κ1) is 22.2. The quantitative estimate of drug-likeness (QED) is 0.350. The molecule has 0 unspecified atom stereocenters. The minimum absolute atomic E-state index is 0.178. The Kier molecular flexibility index (Phi) is 6.08. The first-order chi connectivity index (χ1) is 16.5. The van der Waals surface area contributed by atoms with Gasteiger partial charge >= 0.3 is 6.03 Å². The molecule has 34 heavy (non-hydrogen) atoms. The number of nitrogens with one attached hydrogen (secondary N) is 3. The fraction of sp³-hybridized carbons (Fsp3) is 0.167. The zero-order valence-electron chi connectivity index (χ0n) is 17.9. The van der Waals surface area contributed by atoms with Crippen LogP contribution in [0.5, 0.6) is 0 Å². The lowest BCUT2D eigenvalue weighted by Crippen LogP contribution is -2.25. The molecular formula is C24H20Cl2N6O2. The van der Waals surface area contributed by atoms with Gasteiger partial charge in [-0.1, -0.05) is 53.5 Å². The van der Waals surface area contributed by atoms with Gasteiger partial charge in [0.2, 0.25) is 5.95 Å². The van der Waals surface area contributed by atoms with Crippen LogP contribution in [0.3, 0.4) is 0 Å². The fourth-order valence-corrected chi connectivity index (χ4v) is 4.22. The minimum atomic E-state index is -0.514. The summed E-state index contributed by atoms with van der Waals surface area (Å²) in [6.45, 7) is 0. The van der Waals surface area contributed by atoms with Gasteiger partial charge in [0.25, 0.3) is 5.56 Å². The smallest absolute Gasteiger partial charge is 0.308 e. The molecule has 0 spiro atoms. The number of carbonyl (C=O) groups excluding carboxylic acids is 1. The average molecular weight is 495 g/mol. The summed E-state index contributed by atoms with van der Waals surface area (Å²) in [6, 6.07) is 15.5. The molecule has 4 aromatic rings. The van der Waals surface area contributed by atoms with Crippen molar-refractivity contribution in [1.29, 1.82) is 0 Å². The van der Waals surface area contributed by atoms with Crippen LogP contribution in [0.15, 0.2) is 59.4 Å². The van der Waals surface area contributed by atoms with E-state index in [1.54, 1.807) is 24.3 Å². The van der Waals surface area contributed by atoms with Crippen LogP contribution in [0.25, 0.3) is 17.2 Å². The average Bonchev–Trinajstić information content (AvgIpc) is 3.25. The molecule has 2 heterocycles. The van der Waals surface area contributed by atoms with Crippen LogP contribution < -0.4 is 16.2 Å². The van der Waals surface area contributed by atoms with Crippen LogP contribution in [0, 0.1) is 0 Å². The van der Waals surface area contributed by atoms with Crippen molar-refractivity contribution < 1.29 is 4.79 Å². The summed E-state index contributed by atoms with van der Waals surface area (Å²) >= 11 is 12.0. The first-order valence-corrected chi connectivity index (χ1v) is 11.5. The zero-order valence-corrected chi connectivity index (χ0v) is 19.5. The minimum Gasteiger partial charge on any atom is -0.308 e. The molecule has 3 N–H and O–H groups in total. The van der Waals surface area contributed by atoms with E-state index >= 15 is 0 Å². The van der Waals surface area contributed by atoms with Gasteiger partial charge in [-0.15, -0.1) is 0 Å². The molecule has 1 aliphatic rings. The van der Waals surface area contributed by atoms with Gasteiger partial charge in [0.1, 0.15) is 5.82 Å². The summed E-state index contributed by atoms with van der Waals surface area (Å²) in [5, 5.41) is 10.9. The highest BCUT2D eigenvalue weighted by molar-refractivity contribution is 6.42. The van der Waals surface area contributed by atoms with Gasteiger partial charge in [-0.05, 0) is 43.9 Å². The highest BCUT2D eigenvalue weighted by Crippen LogP contribution is 2.27. The van der Waals surface area contributed by atoms with E-state index in [0.717, 1.165) is 36.1 Å². The van der Waals surface area contributed by atoms with Gasteiger partial charge in [0.05, 0.1) is 21.4 Å². The molecule has 0 atom stereocenters. The highest BCUT2D eigenvalue weighted by Gasteiger charge is 2.20. The molecule has 8 nitrogen and oxygen atoms in total. The number of nitrogens with zero attached hydrogens (tertiary/aromatic N) is 3. The van der Waals surface area contributed by atoms with Gasteiger partial charge in [-0.25, -0.2) is 9.78 Å². The number of hydrogen-bond acceptors (Lipinski definition) is 4. The SMILES string of the molecule is O=C(Nc1ccc(Cl)c(Cl)c1)Nc1cc(-c2ccccc2)nn1-c1nc2c(c(=O)[nH]1)CCCC2. The summed E-state index contributed by atoms with van der Waals surface area (Å²) < 4.78 is 1.44. The number of H-pyrrole nitrogens is 1. The van der Waals surface area contributed by atoms with E-state index in [0.29, 0.717) is 33.7 Å². The van der Waals surface area contributed by atoms with E-state index < -0.39 is 6.03 Å². The molecular weight excluding hydrogens is 475 g/mol. The maximum atomic E-state index is 12.8. The third kappa shape index (κ3) is 4.55. The number of hydrogen-bond donors (Lipinski definition) is 3. The van der Waals surface area contributed by atoms with Crippen LogP contribution in [0.1, 0.15) is 24.1 Å². The molecule has 172 valence electrons. The topological polar surface area (TPSA) is 105 Å². The highest BCUT2D eigenvalue weighted by atomic mass is 35.5. The summed E-state index contributed by atoms with van der Waals surface area (Å²) in [5.74, 6) is 0.591. The number of amides is 2. The monoisotopic (exact) mass is 494 g/mol. The third-order valence-electron chi connectivity index (χ3n) is 5.58. The molecule has 0 saturated heterocycles. The lowest BCUT2D eigenvalue weighted by atomic mass is 9.97. The number of rotatable bonds is 4. The zero-order chi connectivity index (χ0) is 23.7. The van der Waals surface area contributed by atoms with E-state index in [1.165, 1.54) is 4.68 Å². The van der Waals surface area contributed by atoms with Crippen molar-refractivity contribution in [2.75, 3.05) is 10.6 Å². The van der Waals surface area contributed by atoms with Crippen molar-refractivity contribution in [3.8, 4) is 17.2 Å². The first-order valence-electron chi connectivity index (χ1n) is 10.8. The van der Waals surface area contributed by atoms with E-state index in [1.807, 2.05) is 30.3 Å². The van der Waals surface area contributed by atoms with E-state index in [-0.39, 0.29) is 11.5 Å². The molecule has 0 bridgehead atoms. The fourth-order valence-electron chi connectivity index (χ4n) is 3.92. The predicted molar refractivity (Wildman–Crippen MR) is 133 cm³/mol. The van der Waals surface area contributed by atoms with E-state index in [9.17, 15) is 9.59 Å². The molecule has 0 radical (unpaired) electrons. The van der Waals surface area contributed by atoms with Crippen LogP contribution in [0.4, 0.5) is 16.3 Å². The number of fused-ring (bicyclic) bond motifs is 1. The van der Waals surface area contributed by atoms with E-state index in [4.69, 9.17) is 23.2 Å². The molecule has 2 amide bonds. The second-order valence-corrected chi connectivity index (χ2v) is 8.74. The number of aromatic amines is 1. The largest absolute Gasteiger partial charge is 0.324 e. The number of halogens is 2. The Morgan fingerprint density at radius 2 is 1.76 bits per heavy atom.